The average molecular weight is 1370 g/mol. The lowest BCUT2D eigenvalue weighted by atomic mass is 15.9. The lowest BCUT2D eigenvalue weighted by molar-refractivity contribution is 0.432. The van der Waals surface area contributed by atoms with Crippen LogP contribution in [-0.4, -0.2) is 77.8 Å². The second-order valence-corrected chi connectivity index (χ2v) is 7.42. The summed E-state index contributed by atoms with van der Waals surface area (Å²) in [5, 5.41) is 0. The van der Waals surface area contributed by atoms with Crippen LogP contribution in [0, 0.1) is 0 Å². The summed E-state index contributed by atoms with van der Waals surface area (Å²) in [6.07, 6.45) is 0. The number of hydrogen-bond acceptors (Lipinski definition) is 12. The number of hydrogen-bond donors (Lipinski definition) is 6. The molecule has 0 aromatic carbocycles. The second-order valence-electron chi connectivity index (χ2n) is 2.47. The van der Waals surface area contributed by atoms with Crippen molar-refractivity contribution in [2.24, 2.45) is 0 Å². The highest BCUT2D eigenvalue weighted by atomic mass is 127. The molecule has 36 heteroatoms. The molecule has 0 rings (SSSR count). The van der Waals surface area contributed by atoms with Crippen molar-refractivity contribution in [3.63, 3.8) is 0 Å². The van der Waals surface area contributed by atoms with Crippen molar-refractivity contribution in [3.8, 4) is 0 Å². The predicted octanol–water partition coefficient (Wildman–Crippen LogP) is 2.26. The molecule has 0 radical (unpaired) electrons. The van der Waals surface area contributed by atoms with E-state index < -0.39 is 63.0 Å². The zero-order chi connectivity index (χ0) is 27.0. The molecule has 0 saturated carbocycles. The van der Waals surface area contributed by atoms with Crippen LogP contribution in [0.25, 0.3) is 0 Å². The van der Waals surface area contributed by atoms with Gasteiger partial charge >= 0.3 is 63.0 Å². The van der Waals surface area contributed by atoms with Crippen LogP contribution in [0.15, 0.2) is 0 Å². The van der Waals surface area contributed by atoms with E-state index in [-0.39, 0.29) is 144 Å². The summed E-state index contributed by atoms with van der Waals surface area (Å²) in [6.45, 7) is 0. The summed E-state index contributed by atoms with van der Waals surface area (Å²) in [5.74, 6) is 0. The van der Waals surface area contributed by atoms with Gasteiger partial charge in [0.1, 0.15) is 0 Å². The molecule has 0 fully saturated rings. The average Bonchev–Trinajstić information content (AvgIpc) is 1.94. The molecule has 0 aromatic heterocycles. The fourth-order valence-electron chi connectivity index (χ4n) is 0. The Balaban J connectivity index is -0.0000000186. The Morgan fingerprint density at radius 1 is 0.250 bits per heavy atom. The van der Waals surface area contributed by atoms with Crippen LogP contribution in [-0.2, 0) is 63.0 Å². The quantitative estimate of drug-likeness (QED) is 0.0877. The summed E-state index contributed by atoms with van der Waals surface area (Å²) in [4.78, 5) is 0. The van der Waals surface area contributed by atoms with Crippen LogP contribution in [0.2, 0.25) is 0 Å². The second kappa shape index (κ2) is 34.6. The minimum Gasteiger partial charge on any atom is -0.260 e. The molecule has 0 aliphatic rings. The SMILES string of the molecule is I.I.I.I.I.I.O=S(=O)(O)F.O=S(=O)(O)F.O=S(=O)(O)F.O=S(=O)(O)F.O=S(=O)(O)F.O=S(=O)(O)F. The maximum Gasteiger partial charge on any atom is 0.435 e. The van der Waals surface area contributed by atoms with Crippen molar-refractivity contribution in [2.45, 2.75) is 0 Å². The third kappa shape index (κ3) is 4240. The minimum atomic E-state index is -5.17. The monoisotopic (exact) mass is 1370 g/mol. The summed E-state index contributed by atoms with van der Waals surface area (Å²) < 4.78 is 204. The highest BCUT2D eigenvalue weighted by Gasteiger charge is 1.91. The first kappa shape index (κ1) is 77.4. The smallest absolute Gasteiger partial charge is 0.260 e. The topological polar surface area (TPSA) is 326 Å². The molecule has 0 unspecified atom stereocenters. The minimum absolute atomic E-state index is 0. The molecular weight excluding hydrogens is 1360 g/mol. The molecule has 240 valence electrons. The zero-order valence-corrected chi connectivity index (χ0v) is 33.6. The van der Waals surface area contributed by atoms with E-state index in [0.29, 0.717) is 0 Å². The van der Waals surface area contributed by atoms with Gasteiger partial charge in [0.05, 0.1) is 0 Å². The van der Waals surface area contributed by atoms with Gasteiger partial charge in [-0.25, -0.2) is 0 Å². The standard InChI is InChI=1S/6FHO3S.6HI/c6*1-5(2,3)4;;;;;;/h6*(H,2,3,4);6*1H. The summed E-state index contributed by atoms with van der Waals surface area (Å²) in [7, 11) is -31.0. The van der Waals surface area contributed by atoms with Crippen LogP contribution in [0.4, 0.5) is 23.3 Å². The van der Waals surface area contributed by atoms with Crippen molar-refractivity contribution in [3.05, 3.63) is 0 Å². The van der Waals surface area contributed by atoms with Crippen molar-refractivity contribution < 1.29 is 101 Å². The Morgan fingerprint density at radius 2 is 0.250 bits per heavy atom. The molecule has 6 N–H and O–H groups in total. The van der Waals surface area contributed by atoms with Gasteiger partial charge in [-0.15, -0.1) is 144 Å². The van der Waals surface area contributed by atoms with Crippen molar-refractivity contribution in [1.82, 2.24) is 0 Å². The van der Waals surface area contributed by atoms with Crippen LogP contribution in [0.5, 0.6) is 0 Å². The fraction of sp³-hybridized carbons (Fsp3) is 0. The van der Waals surface area contributed by atoms with E-state index in [1.165, 1.54) is 0 Å². The van der Waals surface area contributed by atoms with E-state index in [4.69, 9.17) is 77.8 Å². The third-order valence-corrected chi connectivity index (χ3v) is 0. The molecule has 18 nitrogen and oxygen atoms in total. The Morgan fingerprint density at radius 3 is 0.250 bits per heavy atom. The van der Waals surface area contributed by atoms with E-state index in [2.05, 4.69) is 0 Å². The highest BCUT2D eigenvalue weighted by molar-refractivity contribution is 14.0. The van der Waals surface area contributed by atoms with Crippen LogP contribution in [0.1, 0.15) is 0 Å². The van der Waals surface area contributed by atoms with Crippen molar-refractivity contribution >= 4 is 207 Å². The molecule has 36 heavy (non-hydrogen) atoms. The van der Waals surface area contributed by atoms with E-state index in [1.54, 1.807) is 0 Å². The van der Waals surface area contributed by atoms with Gasteiger partial charge in [-0.05, 0) is 0 Å². The molecular formula is H12F6I6O18S6. The van der Waals surface area contributed by atoms with Gasteiger partial charge in [-0.1, -0.05) is 23.3 Å². The van der Waals surface area contributed by atoms with E-state index >= 15 is 0 Å². The van der Waals surface area contributed by atoms with Gasteiger partial charge in [0.2, 0.25) is 0 Å². The summed E-state index contributed by atoms with van der Waals surface area (Å²) >= 11 is 0. The Labute approximate surface area is 303 Å². The number of halogens is 12. The lowest BCUT2D eigenvalue weighted by Crippen LogP contribution is -1.80. The molecule has 0 spiro atoms. The summed E-state index contributed by atoms with van der Waals surface area (Å²) in [5.41, 5.74) is 0. The van der Waals surface area contributed by atoms with Crippen LogP contribution in [0.3, 0.4) is 0 Å². The van der Waals surface area contributed by atoms with Crippen molar-refractivity contribution in [2.75, 3.05) is 0 Å². The first-order valence-electron chi connectivity index (χ1n) is 4.02. The first-order valence-corrected chi connectivity index (χ1v) is 12.1. The Kier molecular flexibility index (Phi) is 74.4. The highest BCUT2D eigenvalue weighted by Crippen LogP contribution is 1.76. The largest absolute Gasteiger partial charge is 0.435 e. The third-order valence-electron chi connectivity index (χ3n) is 0. The van der Waals surface area contributed by atoms with E-state index in [9.17, 15) is 23.3 Å². The molecule has 0 aliphatic carbocycles. The number of rotatable bonds is 0. The first-order chi connectivity index (χ1) is 12.0. The van der Waals surface area contributed by atoms with Gasteiger partial charge in [-0.2, -0.15) is 50.5 Å². The van der Waals surface area contributed by atoms with Gasteiger partial charge in [0.15, 0.2) is 0 Å². The summed E-state index contributed by atoms with van der Waals surface area (Å²) in [6, 6.07) is 0. The fourth-order valence-corrected chi connectivity index (χ4v) is 0. The van der Waals surface area contributed by atoms with Gasteiger partial charge in [0, 0.05) is 0 Å². The molecule has 0 bridgehead atoms. The molecule has 0 saturated heterocycles. The van der Waals surface area contributed by atoms with Gasteiger partial charge < -0.3 is 0 Å². The molecule has 0 amide bonds. The van der Waals surface area contributed by atoms with Gasteiger partial charge in [-0.3, -0.25) is 27.3 Å². The van der Waals surface area contributed by atoms with E-state index in [1.807, 2.05) is 0 Å². The van der Waals surface area contributed by atoms with E-state index in [0.717, 1.165) is 0 Å². The van der Waals surface area contributed by atoms with Crippen LogP contribution < -0.4 is 0 Å². The van der Waals surface area contributed by atoms with Crippen molar-refractivity contribution in [1.29, 1.82) is 0 Å². The molecule has 0 atom stereocenters. The lowest BCUT2D eigenvalue weighted by Gasteiger charge is -1.63. The Bertz CT molecular complexity index is 796. The Hall–Kier alpha value is 3.42. The molecule has 0 aromatic rings. The van der Waals surface area contributed by atoms with Gasteiger partial charge in [0.25, 0.3) is 0 Å². The maximum absolute atomic E-state index is 10.2. The maximum atomic E-state index is 10.2. The molecule has 0 heterocycles. The zero-order valence-electron chi connectivity index (χ0n) is 14.7. The normalized spacial score (nSPS) is 9.67. The predicted molar refractivity (Wildman–Crippen MR) is 168 cm³/mol. The molecule has 0 aliphatic heterocycles. The van der Waals surface area contributed by atoms with Crippen LogP contribution >= 0.6 is 144 Å².